The predicted molar refractivity (Wildman–Crippen MR) is 137 cm³/mol. The van der Waals surface area contributed by atoms with E-state index in [1.165, 1.54) is 37.8 Å². The Balaban J connectivity index is 1.49. The second-order valence-corrected chi connectivity index (χ2v) is 10.8. The predicted octanol–water partition coefficient (Wildman–Crippen LogP) is 4.70. The third-order valence-electron chi connectivity index (χ3n) is 5.13. The average Bonchev–Trinajstić information content (AvgIpc) is 3.30. The van der Waals surface area contributed by atoms with Crippen molar-refractivity contribution in [2.24, 2.45) is 0 Å². The summed E-state index contributed by atoms with van der Waals surface area (Å²) in [5, 5.41) is 5.50. The lowest BCUT2D eigenvalue weighted by molar-refractivity contribution is 0.103. The first-order valence-electron chi connectivity index (χ1n) is 10.7. The van der Waals surface area contributed by atoms with Crippen LogP contribution in [0.5, 0.6) is 5.75 Å². The van der Waals surface area contributed by atoms with Crippen LogP contribution in [0.3, 0.4) is 0 Å². The van der Waals surface area contributed by atoms with E-state index in [1.54, 1.807) is 42.5 Å². The van der Waals surface area contributed by atoms with Crippen LogP contribution in [0.25, 0.3) is 0 Å². The van der Waals surface area contributed by atoms with E-state index in [4.69, 9.17) is 4.74 Å². The van der Waals surface area contributed by atoms with Crippen molar-refractivity contribution in [3.63, 3.8) is 0 Å². The molecule has 2 aromatic carbocycles. The quantitative estimate of drug-likeness (QED) is 0.321. The lowest BCUT2D eigenvalue weighted by Crippen LogP contribution is -2.21. The molecule has 9 nitrogen and oxygen atoms in total. The first-order chi connectivity index (χ1) is 17.3. The van der Waals surface area contributed by atoms with Gasteiger partial charge in [-0.2, -0.15) is 0 Å². The SMILES string of the molecule is COc1ccccc1C(=O)c1cc(C)ccc1NC(=O)Nc1ncc(CS(=O)(=O)c2ccncc2)s1. The smallest absolute Gasteiger partial charge is 0.325 e. The van der Waals surface area contributed by atoms with Gasteiger partial charge in [0.25, 0.3) is 0 Å². The number of carbonyl (C=O) groups excluding carboxylic acids is 2. The molecule has 4 aromatic rings. The van der Waals surface area contributed by atoms with Crippen molar-refractivity contribution in [2.45, 2.75) is 17.6 Å². The molecule has 0 saturated carbocycles. The highest BCUT2D eigenvalue weighted by Gasteiger charge is 2.20. The van der Waals surface area contributed by atoms with Crippen molar-refractivity contribution in [3.05, 3.63) is 94.8 Å². The summed E-state index contributed by atoms with van der Waals surface area (Å²) >= 11 is 1.05. The maximum Gasteiger partial charge on any atom is 0.325 e. The van der Waals surface area contributed by atoms with Crippen molar-refractivity contribution in [3.8, 4) is 5.75 Å². The fourth-order valence-electron chi connectivity index (χ4n) is 3.43. The number of rotatable bonds is 8. The number of nitrogens with zero attached hydrogens (tertiary/aromatic N) is 2. The summed E-state index contributed by atoms with van der Waals surface area (Å²) in [6.07, 6.45) is 4.23. The number of sulfone groups is 1. The van der Waals surface area contributed by atoms with Crippen LogP contribution >= 0.6 is 11.3 Å². The second kappa shape index (κ2) is 10.7. The number of nitrogens with one attached hydrogen (secondary N) is 2. The molecule has 0 aliphatic rings. The van der Waals surface area contributed by atoms with Crippen molar-refractivity contribution >= 4 is 43.8 Å². The molecule has 2 amide bonds. The van der Waals surface area contributed by atoms with Gasteiger partial charge in [-0.15, -0.1) is 11.3 Å². The van der Waals surface area contributed by atoms with Gasteiger partial charge in [0.2, 0.25) is 0 Å². The number of thiazole rings is 1. The van der Waals surface area contributed by atoms with E-state index in [1.807, 2.05) is 6.92 Å². The standard InChI is InChI=1S/C25H22N4O5S2/c1-16-7-8-21(20(13-16)23(30)19-5-3-4-6-22(19)34-2)28-24(31)29-25-27-14-17(35-25)15-36(32,33)18-9-11-26-12-10-18/h3-14H,15H2,1-2H3,(H2,27,28,29,31). The molecule has 0 unspecified atom stereocenters. The van der Waals surface area contributed by atoms with Gasteiger partial charge >= 0.3 is 6.03 Å². The van der Waals surface area contributed by atoms with E-state index in [0.29, 0.717) is 27.4 Å². The van der Waals surface area contributed by atoms with Gasteiger partial charge in [0, 0.05) is 29.0 Å². The zero-order chi connectivity index (χ0) is 25.7. The van der Waals surface area contributed by atoms with Crippen LogP contribution < -0.4 is 15.4 Å². The Hall–Kier alpha value is -4.09. The van der Waals surface area contributed by atoms with E-state index < -0.39 is 15.9 Å². The number of amides is 2. The van der Waals surface area contributed by atoms with Crippen LogP contribution in [0.1, 0.15) is 26.4 Å². The zero-order valence-electron chi connectivity index (χ0n) is 19.4. The molecule has 11 heteroatoms. The number of benzene rings is 2. The summed E-state index contributed by atoms with van der Waals surface area (Å²) in [7, 11) is -2.09. The topological polar surface area (TPSA) is 127 Å². The molecule has 0 saturated heterocycles. The molecule has 0 fully saturated rings. The monoisotopic (exact) mass is 522 g/mol. The summed E-state index contributed by atoms with van der Waals surface area (Å²) in [6, 6.07) is 14.2. The highest BCUT2D eigenvalue weighted by atomic mass is 32.2. The molecule has 2 heterocycles. The van der Waals surface area contributed by atoms with Gasteiger partial charge in [-0.25, -0.2) is 18.2 Å². The molecule has 0 spiro atoms. The summed E-state index contributed by atoms with van der Waals surface area (Å²) in [5.41, 5.74) is 1.83. The van der Waals surface area contributed by atoms with Gasteiger partial charge in [-0.05, 0) is 43.3 Å². The minimum absolute atomic E-state index is 0.157. The van der Waals surface area contributed by atoms with Crippen LogP contribution in [0.2, 0.25) is 0 Å². The fraction of sp³-hybridized carbons (Fsp3) is 0.120. The van der Waals surface area contributed by atoms with Crippen LogP contribution in [0, 0.1) is 6.92 Å². The largest absolute Gasteiger partial charge is 0.496 e. The Morgan fingerprint density at radius 3 is 2.50 bits per heavy atom. The van der Waals surface area contributed by atoms with E-state index >= 15 is 0 Å². The molecule has 2 aromatic heterocycles. The maximum atomic E-state index is 13.3. The molecule has 0 aliphatic heterocycles. The van der Waals surface area contributed by atoms with Gasteiger partial charge in [0.1, 0.15) is 5.75 Å². The Morgan fingerprint density at radius 1 is 1.00 bits per heavy atom. The molecule has 184 valence electrons. The van der Waals surface area contributed by atoms with Crippen molar-refractivity contribution in [1.29, 1.82) is 0 Å². The Kier molecular flexibility index (Phi) is 7.41. The first kappa shape index (κ1) is 25.0. The Labute approximate surface area is 212 Å². The number of pyridine rings is 1. The van der Waals surface area contributed by atoms with Gasteiger partial charge in [-0.1, -0.05) is 23.8 Å². The number of urea groups is 1. The van der Waals surface area contributed by atoms with Crippen molar-refractivity contribution < 1.29 is 22.7 Å². The zero-order valence-corrected chi connectivity index (χ0v) is 21.0. The van der Waals surface area contributed by atoms with Gasteiger partial charge < -0.3 is 10.1 Å². The minimum Gasteiger partial charge on any atom is -0.496 e. The first-order valence-corrected chi connectivity index (χ1v) is 13.2. The van der Waals surface area contributed by atoms with Gasteiger partial charge in [0.05, 0.1) is 29.0 Å². The Morgan fingerprint density at radius 2 is 1.75 bits per heavy atom. The fourth-order valence-corrected chi connectivity index (χ4v) is 5.89. The minimum atomic E-state index is -3.57. The van der Waals surface area contributed by atoms with Gasteiger partial charge in [-0.3, -0.25) is 15.1 Å². The summed E-state index contributed by atoms with van der Waals surface area (Å²) in [4.78, 5) is 34.5. The molecule has 0 bridgehead atoms. The van der Waals surface area contributed by atoms with Crippen molar-refractivity contribution in [2.75, 3.05) is 17.7 Å². The number of para-hydroxylation sites is 1. The number of carbonyl (C=O) groups is 2. The molecular formula is C25H22N4O5S2. The number of hydrogen-bond acceptors (Lipinski definition) is 8. The van der Waals surface area contributed by atoms with Crippen LogP contribution in [0.15, 0.2) is 78.1 Å². The van der Waals surface area contributed by atoms with E-state index in [2.05, 4.69) is 20.6 Å². The summed E-state index contributed by atoms with van der Waals surface area (Å²) in [5.74, 6) is -0.131. The Bertz CT molecular complexity index is 1520. The number of aromatic nitrogens is 2. The molecule has 36 heavy (non-hydrogen) atoms. The lowest BCUT2D eigenvalue weighted by atomic mass is 9.99. The lowest BCUT2D eigenvalue weighted by Gasteiger charge is -2.13. The molecule has 2 N–H and O–H groups in total. The summed E-state index contributed by atoms with van der Waals surface area (Å²) in [6.45, 7) is 1.85. The van der Waals surface area contributed by atoms with Crippen LogP contribution in [-0.4, -0.2) is 37.3 Å². The van der Waals surface area contributed by atoms with Gasteiger partial charge in [0.15, 0.2) is 20.8 Å². The molecule has 0 atom stereocenters. The molecule has 4 rings (SSSR count). The number of hydrogen-bond donors (Lipinski definition) is 2. The number of aryl methyl sites for hydroxylation is 1. The number of ether oxygens (including phenoxy) is 1. The molecular weight excluding hydrogens is 500 g/mol. The second-order valence-electron chi connectivity index (χ2n) is 7.73. The number of anilines is 2. The third-order valence-corrected chi connectivity index (χ3v) is 7.91. The molecule has 0 radical (unpaired) electrons. The third kappa shape index (κ3) is 5.75. The van der Waals surface area contributed by atoms with E-state index in [-0.39, 0.29) is 21.6 Å². The number of ketones is 1. The summed E-state index contributed by atoms with van der Waals surface area (Å²) < 4.78 is 30.5. The maximum absolute atomic E-state index is 13.3. The van der Waals surface area contributed by atoms with Crippen LogP contribution in [-0.2, 0) is 15.6 Å². The normalized spacial score (nSPS) is 11.1. The average molecular weight is 523 g/mol. The van der Waals surface area contributed by atoms with E-state index in [0.717, 1.165) is 16.9 Å². The highest BCUT2D eigenvalue weighted by molar-refractivity contribution is 7.90. The highest BCUT2D eigenvalue weighted by Crippen LogP contribution is 2.27. The molecule has 0 aliphatic carbocycles. The van der Waals surface area contributed by atoms with Crippen molar-refractivity contribution in [1.82, 2.24) is 9.97 Å². The van der Waals surface area contributed by atoms with E-state index in [9.17, 15) is 18.0 Å². The van der Waals surface area contributed by atoms with Crippen LogP contribution in [0.4, 0.5) is 15.6 Å². The number of methoxy groups -OCH3 is 1.